The molecule has 4 rings (SSSR count). The molecule has 0 fully saturated rings. The Bertz CT molecular complexity index is 1350. The van der Waals surface area contributed by atoms with Crippen molar-refractivity contribution in [1.29, 1.82) is 0 Å². The molecule has 0 aliphatic heterocycles. The Hall–Kier alpha value is -3.99. The minimum atomic E-state index is -4.62. The zero-order chi connectivity index (χ0) is 25.2. The number of hydrogen-bond donors (Lipinski definition) is 2. The maximum Gasteiger partial charge on any atom is 0.433 e. The van der Waals surface area contributed by atoms with Crippen molar-refractivity contribution in [2.75, 3.05) is 13.7 Å². The Balaban J connectivity index is 1.69. The summed E-state index contributed by atoms with van der Waals surface area (Å²) in [6.45, 7) is 1.95. The average molecular weight is 485 g/mol. The van der Waals surface area contributed by atoms with Gasteiger partial charge in [0.2, 0.25) is 5.89 Å². The molecule has 8 nitrogen and oxygen atoms in total. The smallest absolute Gasteiger partial charge is 0.433 e. The highest BCUT2D eigenvalue weighted by Crippen LogP contribution is 2.37. The molecule has 3 heterocycles. The number of nitrogens with zero attached hydrogens (tertiary/aromatic N) is 3. The second-order valence-electron chi connectivity index (χ2n) is 7.75. The van der Waals surface area contributed by atoms with Crippen LogP contribution in [-0.4, -0.2) is 34.5 Å². The number of fused-ring (bicyclic) bond motifs is 1. The number of aromatic nitrogens is 3. The molecule has 3 aromatic heterocycles. The number of amides is 1. The van der Waals surface area contributed by atoms with Crippen molar-refractivity contribution in [3.05, 3.63) is 71.5 Å². The molecule has 0 saturated carbocycles. The Morgan fingerprint density at radius 2 is 1.97 bits per heavy atom. The molecule has 0 spiro atoms. The highest BCUT2D eigenvalue weighted by atomic mass is 19.4. The van der Waals surface area contributed by atoms with Crippen molar-refractivity contribution in [3.63, 3.8) is 0 Å². The number of nitrogens with one attached hydrogen (secondary N) is 1. The third-order valence-corrected chi connectivity index (χ3v) is 5.24. The number of oxazole rings is 1. The molecule has 182 valence electrons. The first-order chi connectivity index (χ1) is 16.7. The van der Waals surface area contributed by atoms with Gasteiger partial charge >= 0.3 is 6.18 Å². The van der Waals surface area contributed by atoms with E-state index in [9.17, 15) is 18.0 Å². The molecule has 0 saturated heterocycles. The topological polar surface area (TPSA) is 116 Å². The lowest BCUT2D eigenvalue weighted by atomic mass is 10.1. The Morgan fingerprint density at radius 1 is 1.17 bits per heavy atom. The van der Waals surface area contributed by atoms with E-state index < -0.39 is 23.8 Å². The summed E-state index contributed by atoms with van der Waals surface area (Å²) in [4.78, 5) is 25.1. The molecule has 3 N–H and O–H groups in total. The van der Waals surface area contributed by atoms with E-state index in [0.29, 0.717) is 23.9 Å². The molecular weight excluding hydrogens is 463 g/mol. The molecule has 0 unspecified atom stereocenters. The zero-order valence-electron chi connectivity index (χ0n) is 18.9. The fourth-order valence-electron chi connectivity index (χ4n) is 3.55. The van der Waals surface area contributed by atoms with Crippen molar-refractivity contribution in [3.8, 4) is 17.2 Å². The molecule has 0 aliphatic rings. The van der Waals surface area contributed by atoms with Crippen LogP contribution >= 0.6 is 0 Å². The van der Waals surface area contributed by atoms with E-state index in [1.807, 2.05) is 12.1 Å². The lowest BCUT2D eigenvalue weighted by Gasteiger charge is -2.11. The maximum absolute atomic E-state index is 13.2. The third-order valence-electron chi connectivity index (χ3n) is 5.24. The van der Waals surface area contributed by atoms with Crippen LogP contribution in [0.15, 0.2) is 53.1 Å². The van der Waals surface area contributed by atoms with Crippen molar-refractivity contribution in [1.82, 2.24) is 20.3 Å². The summed E-state index contributed by atoms with van der Waals surface area (Å²) in [6.07, 6.45) is -2.44. The quantitative estimate of drug-likeness (QED) is 0.401. The normalized spacial score (nSPS) is 12.5. The highest BCUT2D eigenvalue weighted by Gasteiger charge is 2.33. The van der Waals surface area contributed by atoms with E-state index in [-0.39, 0.29) is 28.6 Å². The molecule has 1 amide bonds. The van der Waals surface area contributed by atoms with Crippen molar-refractivity contribution >= 4 is 16.8 Å². The van der Waals surface area contributed by atoms with E-state index in [4.69, 9.17) is 14.9 Å². The first-order valence-corrected chi connectivity index (χ1v) is 10.7. The number of hydrogen-bond acceptors (Lipinski definition) is 7. The summed E-state index contributed by atoms with van der Waals surface area (Å²) >= 11 is 0. The second-order valence-corrected chi connectivity index (χ2v) is 7.75. The van der Waals surface area contributed by atoms with Crippen LogP contribution in [0.3, 0.4) is 0 Å². The van der Waals surface area contributed by atoms with Crippen molar-refractivity contribution in [2.24, 2.45) is 5.73 Å². The number of ether oxygens (including phenoxy) is 1. The van der Waals surface area contributed by atoms with Gasteiger partial charge in [0.15, 0.2) is 11.5 Å². The second kappa shape index (κ2) is 9.71. The van der Waals surface area contributed by atoms with E-state index >= 15 is 0 Å². The predicted octanol–water partition coefficient (Wildman–Crippen LogP) is 4.30. The van der Waals surface area contributed by atoms with Gasteiger partial charge in [-0.2, -0.15) is 13.2 Å². The Kier molecular flexibility index (Phi) is 6.70. The number of pyridine rings is 2. The molecule has 0 radical (unpaired) electrons. The number of rotatable bonds is 7. The number of carbonyl (C=O) groups excluding carboxylic acids is 1. The van der Waals surface area contributed by atoms with Gasteiger partial charge < -0.3 is 20.2 Å². The lowest BCUT2D eigenvalue weighted by molar-refractivity contribution is -0.140. The van der Waals surface area contributed by atoms with Gasteiger partial charge in [-0.25, -0.2) is 9.97 Å². The van der Waals surface area contributed by atoms with Gasteiger partial charge in [0.05, 0.1) is 13.2 Å². The number of benzene rings is 1. The third kappa shape index (κ3) is 5.09. The molecular formula is C24H22F3N5O3. The van der Waals surface area contributed by atoms with Gasteiger partial charge in [-0.1, -0.05) is 6.07 Å². The predicted molar refractivity (Wildman–Crippen MR) is 122 cm³/mol. The summed E-state index contributed by atoms with van der Waals surface area (Å²) in [7, 11) is 1.34. The minimum absolute atomic E-state index is 0.000130. The van der Waals surface area contributed by atoms with Crippen LogP contribution in [0.4, 0.5) is 13.2 Å². The largest absolute Gasteiger partial charge is 0.494 e. The molecule has 0 aliphatic carbocycles. The van der Waals surface area contributed by atoms with Gasteiger partial charge in [0.25, 0.3) is 5.91 Å². The number of alkyl halides is 3. The van der Waals surface area contributed by atoms with Crippen LogP contribution in [0, 0.1) is 0 Å². The van der Waals surface area contributed by atoms with Crippen LogP contribution in [0.2, 0.25) is 0 Å². The van der Waals surface area contributed by atoms with Gasteiger partial charge in [-0.3, -0.25) is 9.78 Å². The van der Waals surface area contributed by atoms with Gasteiger partial charge in [-0.15, -0.1) is 0 Å². The van der Waals surface area contributed by atoms with Crippen LogP contribution in [0.1, 0.15) is 40.6 Å². The SMILES string of the molecule is COc1ccc(-c2nc(C(=O)NCCc3ccccn3)c([C@H](C)N)o2)c2ccc(C(F)(F)F)nc12. The summed E-state index contributed by atoms with van der Waals surface area (Å²) in [5, 5.41) is 3.09. The molecule has 1 aromatic carbocycles. The van der Waals surface area contributed by atoms with Crippen molar-refractivity contribution < 1.29 is 27.1 Å². The van der Waals surface area contributed by atoms with Gasteiger partial charge in [0.1, 0.15) is 17.0 Å². The van der Waals surface area contributed by atoms with Crippen LogP contribution < -0.4 is 15.8 Å². The maximum atomic E-state index is 13.2. The van der Waals surface area contributed by atoms with Crippen molar-refractivity contribution in [2.45, 2.75) is 25.6 Å². The van der Waals surface area contributed by atoms with Gasteiger partial charge in [-0.05, 0) is 43.3 Å². The number of halogens is 3. The van der Waals surface area contributed by atoms with E-state index in [0.717, 1.165) is 11.8 Å². The number of methoxy groups -OCH3 is 1. The standard InChI is InChI=1S/C24H22F3N5O3/c1-13(28)21-20(22(33)30-12-10-14-5-3-4-11-29-14)32-23(35-21)16-6-8-17(34-2)19-15(16)7-9-18(31-19)24(25,26)27/h3-9,11,13H,10,12,28H2,1-2H3,(H,30,33)/t13-/m0/s1. The van der Waals surface area contributed by atoms with Crippen LogP contribution in [0.25, 0.3) is 22.4 Å². The zero-order valence-corrected chi connectivity index (χ0v) is 18.9. The molecule has 35 heavy (non-hydrogen) atoms. The van der Waals surface area contributed by atoms with E-state index in [1.54, 1.807) is 25.3 Å². The average Bonchev–Trinajstić information content (AvgIpc) is 3.29. The molecule has 0 bridgehead atoms. The molecule has 11 heteroatoms. The Morgan fingerprint density at radius 3 is 2.63 bits per heavy atom. The number of nitrogens with two attached hydrogens (primary N) is 1. The summed E-state index contributed by atoms with van der Waals surface area (Å²) in [6, 6.07) is 10.0. The summed E-state index contributed by atoms with van der Waals surface area (Å²) in [5.74, 6) is -0.152. The van der Waals surface area contributed by atoms with Crippen LogP contribution in [0.5, 0.6) is 5.75 Å². The fraction of sp³-hybridized carbons (Fsp3) is 0.250. The Labute approximate surface area is 198 Å². The summed E-state index contributed by atoms with van der Waals surface area (Å²) < 4.78 is 50.7. The minimum Gasteiger partial charge on any atom is -0.494 e. The molecule has 1 atom stereocenters. The van der Waals surface area contributed by atoms with Crippen LogP contribution in [-0.2, 0) is 12.6 Å². The molecule has 4 aromatic rings. The highest BCUT2D eigenvalue weighted by molar-refractivity contribution is 5.98. The first-order valence-electron chi connectivity index (χ1n) is 10.7. The van der Waals surface area contributed by atoms with E-state index in [2.05, 4.69) is 20.3 Å². The van der Waals surface area contributed by atoms with Gasteiger partial charge in [0, 0.05) is 35.8 Å². The lowest BCUT2D eigenvalue weighted by Crippen LogP contribution is -2.27. The van der Waals surface area contributed by atoms with E-state index in [1.165, 1.54) is 19.2 Å². The summed E-state index contributed by atoms with van der Waals surface area (Å²) in [5.41, 5.74) is 6.10. The fourth-order valence-corrected chi connectivity index (χ4v) is 3.55. The number of carbonyl (C=O) groups is 1. The monoisotopic (exact) mass is 485 g/mol. The first kappa shape index (κ1) is 24.1.